The average Bonchev–Trinajstić information content (AvgIpc) is 3.04. The molecule has 0 aliphatic carbocycles. The van der Waals surface area contributed by atoms with Gasteiger partial charge >= 0.3 is 0 Å². The summed E-state index contributed by atoms with van der Waals surface area (Å²) in [7, 11) is 1.60. The van der Waals surface area contributed by atoms with Gasteiger partial charge in [-0.25, -0.2) is 0 Å². The predicted octanol–water partition coefficient (Wildman–Crippen LogP) is 3.51. The molecule has 25 heavy (non-hydrogen) atoms. The van der Waals surface area contributed by atoms with Crippen molar-refractivity contribution >= 4 is 5.91 Å². The quantitative estimate of drug-likeness (QED) is 0.907. The molecule has 1 heterocycles. The number of likely N-dealkylation sites (tertiary alicyclic amines) is 1. The van der Waals surface area contributed by atoms with Crippen molar-refractivity contribution in [2.24, 2.45) is 5.92 Å². The lowest BCUT2D eigenvalue weighted by Crippen LogP contribution is -2.35. The molecule has 3 rings (SSSR count). The molecule has 4 heteroatoms. The van der Waals surface area contributed by atoms with Crippen molar-refractivity contribution in [3.8, 4) is 5.75 Å². The summed E-state index contributed by atoms with van der Waals surface area (Å²) in [6.07, 6.45) is 0.336. The maximum absolute atomic E-state index is 12.6. The number of carbonyl (C=O) groups excluding carboxylic acids is 1. The highest BCUT2D eigenvalue weighted by molar-refractivity contribution is 5.79. The Balaban J connectivity index is 1.84. The van der Waals surface area contributed by atoms with Gasteiger partial charge in [-0.2, -0.15) is 0 Å². The molecule has 1 saturated heterocycles. The second-order valence-electron chi connectivity index (χ2n) is 6.88. The van der Waals surface area contributed by atoms with E-state index in [0.29, 0.717) is 18.7 Å². The van der Waals surface area contributed by atoms with Gasteiger partial charge < -0.3 is 14.7 Å². The molecular formula is C21H25NO3. The molecule has 0 aromatic heterocycles. The summed E-state index contributed by atoms with van der Waals surface area (Å²) in [4.78, 5) is 14.5. The van der Waals surface area contributed by atoms with Crippen LogP contribution in [0.3, 0.4) is 0 Å². The fourth-order valence-electron chi connectivity index (χ4n) is 3.68. The largest absolute Gasteiger partial charge is 0.496 e. The summed E-state index contributed by atoms with van der Waals surface area (Å²) < 4.78 is 5.40. The summed E-state index contributed by atoms with van der Waals surface area (Å²) in [5.41, 5.74) is 0.700. The van der Waals surface area contributed by atoms with E-state index >= 15 is 0 Å². The number of carbonyl (C=O) groups is 1. The Hall–Kier alpha value is -2.33. The molecular weight excluding hydrogens is 314 g/mol. The summed E-state index contributed by atoms with van der Waals surface area (Å²) in [5, 5.41) is 11.2. The zero-order valence-electron chi connectivity index (χ0n) is 15.0. The van der Waals surface area contributed by atoms with Gasteiger partial charge in [0, 0.05) is 24.4 Å². The Morgan fingerprint density at radius 3 is 2.48 bits per heavy atom. The van der Waals surface area contributed by atoms with E-state index in [-0.39, 0.29) is 17.9 Å². The molecule has 4 nitrogen and oxygen atoms in total. The van der Waals surface area contributed by atoms with Crippen molar-refractivity contribution in [2.45, 2.75) is 31.9 Å². The number of amides is 1. The zero-order chi connectivity index (χ0) is 18.0. The number of hydrogen-bond acceptors (Lipinski definition) is 3. The van der Waals surface area contributed by atoms with Crippen molar-refractivity contribution < 1.29 is 14.6 Å². The third-order valence-electron chi connectivity index (χ3n) is 5.36. The van der Waals surface area contributed by atoms with Gasteiger partial charge in [-0.3, -0.25) is 4.79 Å². The highest BCUT2D eigenvalue weighted by atomic mass is 16.5. The minimum Gasteiger partial charge on any atom is -0.496 e. The Morgan fingerprint density at radius 2 is 1.80 bits per heavy atom. The van der Waals surface area contributed by atoms with Crippen LogP contribution in [0.4, 0.5) is 0 Å². The fourth-order valence-corrected chi connectivity index (χ4v) is 3.68. The monoisotopic (exact) mass is 339 g/mol. The minimum absolute atomic E-state index is 0.00725. The van der Waals surface area contributed by atoms with E-state index in [9.17, 15) is 9.90 Å². The first-order valence-corrected chi connectivity index (χ1v) is 8.65. The van der Waals surface area contributed by atoms with E-state index in [1.807, 2.05) is 66.4 Å². The normalized spacial score (nSPS) is 21.0. The summed E-state index contributed by atoms with van der Waals surface area (Å²) in [5.74, 6) is 0.550. The Morgan fingerprint density at radius 1 is 1.16 bits per heavy atom. The first-order chi connectivity index (χ1) is 11.9. The predicted molar refractivity (Wildman–Crippen MR) is 97.2 cm³/mol. The fraction of sp³-hybridized carbons (Fsp3) is 0.381. The first kappa shape index (κ1) is 17.5. The number of benzene rings is 2. The third-order valence-corrected chi connectivity index (χ3v) is 5.36. The van der Waals surface area contributed by atoms with Crippen LogP contribution in [0.5, 0.6) is 5.75 Å². The molecule has 1 unspecified atom stereocenters. The molecule has 132 valence electrons. The van der Waals surface area contributed by atoms with Gasteiger partial charge in [0.1, 0.15) is 5.75 Å². The van der Waals surface area contributed by atoms with Crippen LogP contribution in [0.15, 0.2) is 54.6 Å². The van der Waals surface area contributed by atoms with E-state index < -0.39 is 5.60 Å². The highest BCUT2D eigenvalue weighted by Gasteiger charge is 2.44. The minimum atomic E-state index is -1.13. The molecule has 0 radical (unpaired) electrons. The topological polar surface area (TPSA) is 49.8 Å². The van der Waals surface area contributed by atoms with Crippen LogP contribution in [0.25, 0.3) is 0 Å². The summed E-state index contributed by atoms with van der Waals surface area (Å²) in [6.45, 7) is 4.34. The third kappa shape index (κ3) is 3.27. The summed E-state index contributed by atoms with van der Waals surface area (Å²) in [6, 6.07) is 17.5. The average molecular weight is 339 g/mol. The molecule has 1 N–H and O–H groups in total. The molecule has 2 aromatic rings. The van der Waals surface area contributed by atoms with Crippen LogP contribution in [0, 0.1) is 5.92 Å². The Kier molecular flexibility index (Phi) is 4.82. The van der Waals surface area contributed by atoms with Crippen molar-refractivity contribution in [2.75, 3.05) is 13.7 Å². The second-order valence-corrected chi connectivity index (χ2v) is 6.88. The van der Waals surface area contributed by atoms with Crippen molar-refractivity contribution in [1.29, 1.82) is 0 Å². The van der Waals surface area contributed by atoms with Crippen LogP contribution in [-0.4, -0.2) is 29.6 Å². The SMILES string of the molecule is COc1ccccc1C(C)(O)[C@@H]1CC(=O)N([C@H](C)c2ccccc2)C1. The van der Waals surface area contributed by atoms with Gasteiger partial charge in [0.25, 0.3) is 0 Å². The molecule has 1 fully saturated rings. The van der Waals surface area contributed by atoms with Gasteiger partial charge in [0.15, 0.2) is 0 Å². The van der Waals surface area contributed by atoms with Crippen molar-refractivity contribution in [1.82, 2.24) is 4.90 Å². The van der Waals surface area contributed by atoms with E-state index in [1.165, 1.54) is 0 Å². The van der Waals surface area contributed by atoms with Crippen molar-refractivity contribution in [3.05, 3.63) is 65.7 Å². The van der Waals surface area contributed by atoms with E-state index in [4.69, 9.17) is 4.74 Å². The lowest BCUT2D eigenvalue weighted by Gasteiger charge is -2.32. The number of rotatable bonds is 5. The number of hydrogen-bond donors (Lipinski definition) is 1. The zero-order valence-corrected chi connectivity index (χ0v) is 15.0. The van der Waals surface area contributed by atoms with Gasteiger partial charge in [-0.05, 0) is 25.5 Å². The molecule has 0 bridgehead atoms. The highest BCUT2D eigenvalue weighted by Crippen LogP contribution is 2.41. The molecule has 1 aliphatic heterocycles. The molecule has 3 atom stereocenters. The van der Waals surface area contributed by atoms with Crippen LogP contribution in [0.2, 0.25) is 0 Å². The summed E-state index contributed by atoms with van der Waals surface area (Å²) >= 11 is 0. The van der Waals surface area contributed by atoms with E-state index in [2.05, 4.69) is 0 Å². The van der Waals surface area contributed by atoms with Gasteiger partial charge in [-0.15, -0.1) is 0 Å². The van der Waals surface area contributed by atoms with Crippen molar-refractivity contribution in [3.63, 3.8) is 0 Å². The maximum Gasteiger partial charge on any atom is 0.223 e. The van der Waals surface area contributed by atoms with Crippen LogP contribution >= 0.6 is 0 Å². The second kappa shape index (κ2) is 6.89. The lowest BCUT2D eigenvalue weighted by molar-refractivity contribution is -0.129. The number of ether oxygens (including phenoxy) is 1. The lowest BCUT2D eigenvalue weighted by atomic mass is 9.81. The molecule has 0 spiro atoms. The van der Waals surface area contributed by atoms with Gasteiger partial charge in [-0.1, -0.05) is 48.5 Å². The standard InChI is InChI=1S/C21H25NO3/c1-15(16-9-5-4-6-10-16)22-14-17(13-20(22)23)21(2,24)18-11-7-8-12-19(18)25-3/h4-12,15,17,24H,13-14H2,1-3H3/t15-,17-,21?/m1/s1. The molecule has 1 aliphatic rings. The maximum atomic E-state index is 12.6. The van der Waals surface area contributed by atoms with Crippen LogP contribution < -0.4 is 4.74 Å². The molecule has 2 aromatic carbocycles. The Labute approximate surface area is 149 Å². The Bertz CT molecular complexity index is 742. The van der Waals surface area contributed by atoms with Crippen LogP contribution in [0.1, 0.15) is 37.4 Å². The number of aliphatic hydroxyl groups is 1. The molecule has 0 saturated carbocycles. The first-order valence-electron chi connectivity index (χ1n) is 8.65. The number of nitrogens with zero attached hydrogens (tertiary/aromatic N) is 1. The van der Waals surface area contributed by atoms with E-state index in [1.54, 1.807) is 14.0 Å². The number of methoxy groups -OCH3 is 1. The van der Waals surface area contributed by atoms with Crippen LogP contribution in [-0.2, 0) is 10.4 Å². The molecule has 1 amide bonds. The van der Waals surface area contributed by atoms with E-state index in [0.717, 1.165) is 11.1 Å². The smallest absolute Gasteiger partial charge is 0.223 e. The number of para-hydroxylation sites is 1. The van der Waals surface area contributed by atoms with Gasteiger partial charge in [0.2, 0.25) is 5.91 Å². The van der Waals surface area contributed by atoms with Gasteiger partial charge in [0.05, 0.1) is 18.8 Å².